The zero-order valence-electron chi connectivity index (χ0n) is 12.6. The van der Waals surface area contributed by atoms with E-state index in [0.29, 0.717) is 23.8 Å². The number of methoxy groups -OCH3 is 1. The number of ether oxygens (including phenoxy) is 2. The average Bonchev–Trinajstić information content (AvgIpc) is 2.44. The molecule has 110 valence electrons. The first-order valence-electron chi connectivity index (χ1n) is 7.00. The van der Waals surface area contributed by atoms with Gasteiger partial charge >= 0.3 is 0 Å². The lowest BCUT2D eigenvalue weighted by atomic mass is 10.2. The van der Waals surface area contributed by atoms with Gasteiger partial charge in [-0.1, -0.05) is 26.0 Å². The molecular weight excluding hydrogens is 252 g/mol. The van der Waals surface area contributed by atoms with Crippen LogP contribution in [0.4, 0.5) is 0 Å². The topological polar surface area (TPSA) is 45.5 Å². The van der Waals surface area contributed by atoms with E-state index in [1.165, 1.54) is 0 Å². The maximum Gasteiger partial charge on any atom is 0.137 e. The molecule has 1 rings (SSSR count). The lowest BCUT2D eigenvalue weighted by Gasteiger charge is -2.23. The summed E-state index contributed by atoms with van der Waals surface area (Å²) >= 11 is 0. The Hall–Kier alpha value is -1.57. The molecule has 0 aliphatic heterocycles. The van der Waals surface area contributed by atoms with E-state index in [-0.39, 0.29) is 0 Å². The maximum absolute atomic E-state index is 9.01. The molecule has 4 heteroatoms. The van der Waals surface area contributed by atoms with Gasteiger partial charge in [0.15, 0.2) is 0 Å². The van der Waals surface area contributed by atoms with Gasteiger partial charge in [-0.15, -0.1) is 0 Å². The summed E-state index contributed by atoms with van der Waals surface area (Å²) in [5.41, 5.74) is 0.583. The van der Waals surface area contributed by atoms with Crippen molar-refractivity contribution in [1.82, 2.24) is 4.90 Å². The predicted molar refractivity (Wildman–Crippen MR) is 79.8 cm³/mol. The zero-order valence-corrected chi connectivity index (χ0v) is 12.6. The fourth-order valence-electron chi connectivity index (χ4n) is 2.00. The van der Waals surface area contributed by atoms with Crippen molar-refractivity contribution in [2.45, 2.75) is 13.8 Å². The van der Waals surface area contributed by atoms with Gasteiger partial charge < -0.3 is 9.47 Å². The Kier molecular flexibility index (Phi) is 7.71. The van der Waals surface area contributed by atoms with Crippen molar-refractivity contribution >= 4 is 0 Å². The summed E-state index contributed by atoms with van der Waals surface area (Å²) in [6, 6.07) is 9.47. The molecule has 20 heavy (non-hydrogen) atoms. The highest BCUT2D eigenvalue weighted by Crippen LogP contribution is 2.16. The van der Waals surface area contributed by atoms with Crippen LogP contribution in [0.5, 0.6) is 5.75 Å². The normalized spacial score (nSPS) is 10.8. The van der Waals surface area contributed by atoms with E-state index >= 15 is 0 Å². The number of para-hydroxylation sites is 1. The molecule has 0 aromatic heterocycles. The molecule has 0 aliphatic rings. The maximum atomic E-state index is 9.01. The van der Waals surface area contributed by atoms with Crippen molar-refractivity contribution in [2.24, 2.45) is 5.92 Å². The van der Waals surface area contributed by atoms with E-state index in [1.807, 2.05) is 18.2 Å². The Bertz CT molecular complexity index is 427. The minimum Gasteiger partial charge on any atom is -0.491 e. The Labute approximate surface area is 121 Å². The molecule has 0 heterocycles. The molecule has 0 amide bonds. The first-order valence-corrected chi connectivity index (χ1v) is 7.00. The number of hydrogen-bond donors (Lipinski definition) is 0. The van der Waals surface area contributed by atoms with E-state index < -0.39 is 0 Å². The van der Waals surface area contributed by atoms with Gasteiger partial charge in [-0.05, 0) is 18.1 Å². The molecule has 0 N–H and O–H groups in total. The van der Waals surface area contributed by atoms with Crippen LogP contribution in [0.25, 0.3) is 0 Å². The molecule has 0 saturated carbocycles. The Morgan fingerprint density at radius 2 is 1.90 bits per heavy atom. The molecule has 1 aromatic carbocycles. The van der Waals surface area contributed by atoms with Crippen LogP contribution in [0.15, 0.2) is 24.3 Å². The van der Waals surface area contributed by atoms with Gasteiger partial charge in [-0.3, -0.25) is 4.90 Å². The molecule has 4 nitrogen and oxygen atoms in total. The summed E-state index contributed by atoms with van der Waals surface area (Å²) in [5, 5.41) is 9.01. The molecule has 0 fully saturated rings. The van der Waals surface area contributed by atoms with Gasteiger partial charge in [0.2, 0.25) is 0 Å². The largest absolute Gasteiger partial charge is 0.491 e. The highest BCUT2D eigenvalue weighted by molar-refractivity contribution is 5.42. The molecule has 0 atom stereocenters. The molecule has 0 bridgehead atoms. The van der Waals surface area contributed by atoms with Crippen molar-refractivity contribution in [3.63, 3.8) is 0 Å². The van der Waals surface area contributed by atoms with Crippen LogP contribution in [-0.2, 0) is 4.74 Å². The van der Waals surface area contributed by atoms with E-state index in [0.717, 1.165) is 26.2 Å². The number of hydrogen-bond acceptors (Lipinski definition) is 4. The van der Waals surface area contributed by atoms with Gasteiger partial charge in [0.05, 0.1) is 12.2 Å². The summed E-state index contributed by atoms with van der Waals surface area (Å²) in [6.07, 6.45) is 0. The molecule has 1 aromatic rings. The molecular formula is C16H24N2O2. The van der Waals surface area contributed by atoms with Crippen molar-refractivity contribution in [2.75, 3.05) is 40.0 Å². The van der Waals surface area contributed by atoms with E-state index in [1.54, 1.807) is 13.2 Å². The third-order valence-corrected chi connectivity index (χ3v) is 2.91. The minimum absolute atomic E-state index is 0.578. The number of nitriles is 1. The van der Waals surface area contributed by atoms with Gasteiger partial charge in [-0.25, -0.2) is 0 Å². The second kappa shape index (κ2) is 9.35. The number of benzene rings is 1. The standard InChI is InChI=1S/C16H24N2O2/c1-14(2)13-18(8-10-19-3)9-11-20-16-7-5-4-6-15(16)12-17/h4-7,14H,8-11,13H2,1-3H3. The molecule has 0 radical (unpaired) electrons. The van der Waals surface area contributed by atoms with Gasteiger partial charge in [0.25, 0.3) is 0 Å². The van der Waals surface area contributed by atoms with Gasteiger partial charge in [0, 0.05) is 26.7 Å². The summed E-state index contributed by atoms with van der Waals surface area (Å²) in [6.45, 7) is 8.46. The van der Waals surface area contributed by atoms with Crippen LogP contribution in [0.3, 0.4) is 0 Å². The Morgan fingerprint density at radius 3 is 2.55 bits per heavy atom. The highest BCUT2D eigenvalue weighted by atomic mass is 16.5. The third-order valence-electron chi connectivity index (χ3n) is 2.91. The van der Waals surface area contributed by atoms with Crippen LogP contribution >= 0.6 is 0 Å². The smallest absolute Gasteiger partial charge is 0.137 e. The lowest BCUT2D eigenvalue weighted by Crippen LogP contribution is -2.34. The molecule has 0 spiro atoms. The lowest BCUT2D eigenvalue weighted by molar-refractivity contribution is 0.127. The van der Waals surface area contributed by atoms with Crippen LogP contribution < -0.4 is 4.74 Å². The van der Waals surface area contributed by atoms with E-state index in [4.69, 9.17) is 14.7 Å². The SMILES string of the molecule is COCCN(CCOc1ccccc1C#N)CC(C)C. The second-order valence-corrected chi connectivity index (χ2v) is 5.14. The fourth-order valence-corrected chi connectivity index (χ4v) is 2.00. The van der Waals surface area contributed by atoms with Gasteiger partial charge in [0.1, 0.15) is 18.4 Å². The number of nitrogens with zero attached hydrogens (tertiary/aromatic N) is 2. The Morgan fingerprint density at radius 1 is 1.20 bits per heavy atom. The summed E-state index contributed by atoms with van der Waals surface area (Å²) in [4.78, 5) is 2.32. The first kappa shape index (κ1) is 16.5. The third kappa shape index (κ3) is 6.05. The van der Waals surface area contributed by atoms with Crippen LogP contribution in [0, 0.1) is 17.2 Å². The monoisotopic (exact) mass is 276 g/mol. The quantitative estimate of drug-likeness (QED) is 0.695. The fraction of sp³-hybridized carbons (Fsp3) is 0.562. The zero-order chi connectivity index (χ0) is 14.8. The summed E-state index contributed by atoms with van der Waals surface area (Å²) in [5.74, 6) is 1.27. The van der Waals surface area contributed by atoms with Crippen molar-refractivity contribution < 1.29 is 9.47 Å². The van der Waals surface area contributed by atoms with E-state index in [2.05, 4.69) is 24.8 Å². The first-order chi connectivity index (χ1) is 9.67. The van der Waals surface area contributed by atoms with E-state index in [9.17, 15) is 0 Å². The van der Waals surface area contributed by atoms with Crippen molar-refractivity contribution in [3.05, 3.63) is 29.8 Å². The highest BCUT2D eigenvalue weighted by Gasteiger charge is 2.08. The summed E-state index contributed by atoms with van der Waals surface area (Å²) in [7, 11) is 1.72. The molecule has 0 unspecified atom stereocenters. The average molecular weight is 276 g/mol. The van der Waals surface area contributed by atoms with Gasteiger partial charge in [-0.2, -0.15) is 5.26 Å². The summed E-state index contributed by atoms with van der Waals surface area (Å²) < 4.78 is 10.8. The minimum atomic E-state index is 0.578. The molecule has 0 saturated heterocycles. The van der Waals surface area contributed by atoms with Crippen LogP contribution in [0.1, 0.15) is 19.4 Å². The number of rotatable bonds is 9. The second-order valence-electron chi connectivity index (χ2n) is 5.14. The Balaban J connectivity index is 2.45. The van der Waals surface area contributed by atoms with Crippen LogP contribution in [-0.4, -0.2) is 44.9 Å². The predicted octanol–water partition coefficient (Wildman–Crippen LogP) is 2.54. The van der Waals surface area contributed by atoms with Crippen molar-refractivity contribution in [1.29, 1.82) is 5.26 Å². The molecule has 0 aliphatic carbocycles. The van der Waals surface area contributed by atoms with Crippen molar-refractivity contribution in [3.8, 4) is 11.8 Å². The van der Waals surface area contributed by atoms with Crippen LogP contribution in [0.2, 0.25) is 0 Å².